The van der Waals surface area contributed by atoms with Gasteiger partial charge in [-0.15, -0.1) is 0 Å². The highest BCUT2D eigenvalue weighted by atomic mass is 32.2. The summed E-state index contributed by atoms with van der Waals surface area (Å²) in [5.41, 5.74) is 4.74. The van der Waals surface area contributed by atoms with Crippen LogP contribution in [0.5, 0.6) is 0 Å². The van der Waals surface area contributed by atoms with Crippen LogP contribution in [0.25, 0.3) is 0 Å². The number of nitrogens with one attached hydrogen (secondary N) is 1. The molecule has 10 heteroatoms. The molecule has 3 N–H and O–H groups in total. The van der Waals surface area contributed by atoms with Gasteiger partial charge in [-0.25, -0.2) is 8.42 Å². The van der Waals surface area contributed by atoms with E-state index in [1.54, 1.807) is 0 Å². The third-order valence-electron chi connectivity index (χ3n) is 6.19. The molecule has 1 aliphatic carbocycles. The predicted molar refractivity (Wildman–Crippen MR) is 106 cm³/mol. The van der Waals surface area contributed by atoms with Gasteiger partial charge in [-0.1, -0.05) is 20.8 Å². The lowest BCUT2D eigenvalue weighted by Gasteiger charge is -2.29. The molecular formula is C20H28F3N3O3S. The summed E-state index contributed by atoms with van der Waals surface area (Å²) in [4.78, 5) is 12.3. The minimum Gasteiger partial charge on any atom is -0.352 e. The maximum Gasteiger partial charge on any atom is 0.416 e. The zero-order valence-electron chi connectivity index (χ0n) is 17.2. The number of rotatable bonds is 4. The SMILES string of the molecule is CC(C)(C)[C@H](N)C(=O)N[C@@H]1CC[C@H]2CN(S(=O)(=O)c3ccc(C(F)(F)F)cc3)C[C@H]21. The van der Waals surface area contributed by atoms with Gasteiger partial charge in [0.2, 0.25) is 15.9 Å². The zero-order valence-corrected chi connectivity index (χ0v) is 18.1. The normalized spacial score (nSPS) is 26.4. The Labute approximate surface area is 175 Å². The van der Waals surface area contributed by atoms with Gasteiger partial charge in [0, 0.05) is 19.1 Å². The van der Waals surface area contributed by atoms with Crippen LogP contribution in [0.2, 0.25) is 0 Å². The molecule has 0 spiro atoms. The molecule has 1 heterocycles. The Kier molecular flexibility index (Phi) is 5.98. The van der Waals surface area contributed by atoms with Crippen LogP contribution in [0.15, 0.2) is 29.2 Å². The lowest BCUT2D eigenvalue weighted by Crippen LogP contribution is -2.52. The molecule has 1 aromatic carbocycles. The van der Waals surface area contributed by atoms with Crippen molar-refractivity contribution < 1.29 is 26.4 Å². The van der Waals surface area contributed by atoms with E-state index in [0.717, 1.165) is 37.1 Å². The van der Waals surface area contributed by atoms with Crippen molar-refractivity contribution in [2.24, 2.45) is 23.0 Å². The molecule has 1 amide bonds. The standard InChI is InChI=1S/C20H28F3N3O3S/c1-19(2,3)17(24)18(27)25-16-9-4-12-10-26(11-15(12)16)30(28,29)14-7-5-13(6-8-14)20(21,22)23/h5-8,12,15-17H,4,9-11,24H2,1-3H3,(H,25,27)/t12-,15+,16+,17+/m0/s1. The van der Waals surface area contributed by atoms with E-state index in [1.807, 2.05) is 20.8 Å². The molecule has 2 aliphatic rings. The average molecular weight is 448 g/mol. The van der Waals surface area contributed by atoms with E-state index in [1.165, 1.54) is 4.31 Å². The zero-order chi connectivity index (χ0) is 22.5. The first-order valence-electron chi connectivity index (χ1n) is 9.94. The van der Waals surface area contributed by atoms with Gasteiger partial charge in [0.25, 0.3) is 0 Å². The van der Waals surface area contributed by atoms with Crippen molar-refractivity contribution in [2.45, 2.75) is 56.8 Å². The fourth-order valence-electron chi connectivity index (χ4n) is 4.23. The van der Waals surface area contributed by atoms with Crippen molar-refractivity contribution in [1.29, 1.82) is 0 Å². The molecule has 1 saturated carbocycles. The Morgan fingerprint density at radius 1 is 1.13 bits per heavy atom. The van der Waals surface area contributed by atoms with Crippen molar-refractivity contribution in [3.63, 3.8) is 0 Å². The van der Waals surface area contributed by atoms with Crippen LogP contribution in [-0.4, -0.2) is 43.8 Å². The molecule has 0 radical (unpaired) electrons. The van der Waals surface area contributed by atoms with Crippen molar-refractivity contribution in [3.8, 4) is 0 Å². The molecule has 0 unspecified atom stereocenters. The van der Waals surface area contributed by atoms with Gasteiger partial charge >= 0.3 is 6.18 Å². The summed E-state index contributed by atoms with van der Waals surface area (Å²) in [7, 11) is -3.91. The molecule has 0 aromatic heterocycles. The topological polar surface area (TPSA) is 92.5 Å². The van der Waals surface area contributed by atoms with E-state index in [4.69, 9.17) is 5.73 Å². The molecule has 30 heavy (non-hydrogen) atoms. The summed E-state index contributed by atoms with van der Waals surface area (Å²) in [5.74, 6) is -0.187. The number of benzene rings is 1. The third-order valence-corrected chi connectivity index (χ3v) is 8.03. The molecule has 1 aromatic rings. The molecule has 168 valence electrons. The molecule has 1 saturated heterocycles. The molecular weight excluding hydrogens is 419 g/mol. The Morgan fingerprint density at radius 2 is 1.73 bits per heavy atom. The van der Waals surface area contributed by atoms with Crippen molar-refractivity contribution in [2.75, 3.05) is 13.1 Å². The monoisotopic (exact) mass is 447 g/mol. The summed E-state index contributed by atoms with van der Waals surface area (Å²) in [6.07, 6.45) is -2.99. The van der Waals surface area contributed by atoms with E-state index in [0.29, 0.717) is 6.54 Å². The van der Waals surface area contributed by atoms with Gasteiger partial charge in [-0.05, 0) is 54.4 Å². The Balaban J connectivity index is 1.70. The Morgan fingerprint density at radius 3 is 2.27 bits per heavy atom. The van der Waals surface area contributed by atoms with E-state index >= 15 is 0 Å². The van der Waals surface area contributed by atoms with E-state index in [2.05, 4.69) is 5.32 Å². The predicted octanol–water partition coefficient (Wildman–Crippen LogP) is 2.59. The van der Waals surface area contributed by atoms with Crippen molar-refractivity contribution >= 4 is 15.9 Å². The lowest BCUT2D eigenvalue weighted by molar-refractivity contribution is -0.137. The van der Waals surface area contributed by atoms with Crippen molar-refractivity contribution in [3.05, 3.63) is 29.8 Å². The highest BCUT2D eigenvalue weighted by Gasteiger charge is 2.47. The number of carbonyl (C=O) groups excluding carboxylic acids is 1. The molecule has 4 atom stereocenters. The van der Waals surface area contributed by atoms with Crippen LogP contribution in [0.3, 0.4) is 0 Å². The van der Waals surface area contributed by atoms with Gasteiger partial charge in [0.05, 0.1) is 16.5 Å². The number of carbonyl (C=O) groups is 1. The highest BCUT2D eigenvalue weighted by Crippen LogP contribution is 2.40. The summed E-state index contributed by atoms with van der Waals surface area (Å²) in [5, 5.41) is 2.98. The number of hydrogen-bond acceptors (Lipinski definition) is 4. The van der Waals surface area contributed by atoms with Gasteiger partial charge in [0.15, 0.2) is 0 Å². The Hall–Kier alpha value is -1.65. The summed E-state index contributed by atoms with van der Waals surface area (Å²) in [6.45, 7) is 6.16. The van der Waals surface area contributed by atoms with Crippen LogP contribution < -0.4 is 11.1 Å². The first-order chi connectivity index (χ1) is 13.7. The number of sulfonamides is 1. The van der Waals surface area contributed by atoms with Gasteiger partial charge < -0.3 is 11.1 Å². The first-order valence-corrected chi connectivity index (χ1v) is 11.4. The number of fused-ring (bicyclic) bond motifs is 1. The quantitative estimate of drug-likeness (QED) is 0.742. The fourth-order valence-corrected chi connectivity index (χ4v) is 5.77. The van der Waals surface area contributed by atoms with Gasteiger partial charge in [-0.2, -0.15) is 17.5 Å². The van der Waals surface area contributed by atoms with Crippen LogP contribution >= 0.6 is 0 Å². The maximum absolute atomic E-state index is 12.9. The minimum atomic E-state index is -4.52. The molecule has 0 bridgehead atoms. The summed E-state index contributed by atoms with van der Waals surface area (Å²) < 4.78 is 65.4. The number of halogens is 3. The van der Waals surface area contributed by atoms with Crippen LogP contribution in [0.4, 0.5) is 13.2 Å². The maximum atomic E-state index is 12.9. The third kappa shape index (κ3) is 4.50. The second-order valence-corrected chi connectivity index (χ2v) is 11.2. The number of alkyl halides is 3. The molecule has 2 fully saturated rings. The van der Waals surface area contributed by atoms with Gasteiger partial charge in [0.1, 0.15) is 0 Å². The number of nitrogens with zero attached hydrogens (tertiary/aromatic N) is 1. The minimum absolute atomic E-state index is 0.0367. The van der Waals surface area contributed by atoms with E-state index in [9.17, 15) is 26.4 Å². The number of amides is 1. The summed E-state index contributed by atoms with van der Waals surface area (Å²) >= 11 is 0. The first kappa shape index (κ1) is 23.0. The summed E-state index contributed by atoms with van der Waals surface area (Å²) in [6, 6.07) is 2.71. The van der Waals surface area contributed by atoms with E-state index < -0.39 is 33.2 Å². The smallest absolute Gasteiger partial charge is 0.352 e. The number of nitrogens with two attached hydrogens (primary N) is 1. The van der Waals surface area contributed by atoms with E-state index in [-0.39, 0.29) is 35.2 Å². The van der Waals surface area contributed by atoms with Crippen LogP contribution in [-0.2, 0) is 21.0 Å². The highest BCUT2D eigenvalue weighted by molar-refractivity contribution is 7.89. The average Bonchev–Trinajstić information content (AvgIpc) is 3.22. The second kappa shape index (κ2) is 7.80. The van der Waals surface area contributed by atoms with Crippen molar-refractivity contribution in [1.82, 2.24) is 9.62 Å². The molecule has 6 nitrogen and oxygen atoms in total. The van der Waals surface area contributed by atoms with Crippen LogP contribution in [0.1, 0.15) is 39.2 Å². The lowest BCUT2D eigenvalue weighted by atomic mass is 9.86. The second-order valence-electron chi connectivity index (χ2n) is 9.30. The fraction of sp³-hybridized carbons (Fsp3) is 0.650. The number of hydrogen-bond donors (Lipinski definition) is 2. The molecule has 1 aliphatic heterocycles. The molecule has 3 rings (SSSR count). The Bertz CT molecular complexity index is 895. The largest absolute Gasteiger partial charge is 0.416 e. The van der Waals surface area contributed by atoms with Gasteiger partial charge in [-0.3, -0.25) is 4.79 Å². The van der Waals surface area contributed by atoms with Crippen LogP contribution in [0, 0.1) is 17.3 Å².